The van der Waals surface area contributed by atoms with Gasteiger partial charge in [-0.3, -0.25) is 9.59 Å². The second kappa shape index (κ2) is 17.0. The SMILES string of the molecule is COc1c(N2CCC/C(=C(\F)CCC(=O)[C@H](CCCCNC(=O)OC(C)(C)C)NC(=O)OC(C)(C)C)C2)c(F)cc2c(=O)c(C(=O)O)cn(C3CC3)c12. The minimum atomic E-state index is -1.41. The number of aromatic carboxylic acids is 1. The third-order valence-corrected chi connectivity index (χ3v) is 8.82. The molecule has 292 valence electrons. The van der Waals surface area contributed by atoms with E-state index >= 15 is 8.78 Å². The van der Waals surface area contributed by atoms with E-state index < -0.39 is 58.0 Å². The first kappa shape index (κ1) is 41.1. The number of benzene rings is 1. The van der Waals surface area contributed by atoms with Crippen LogP contribution in [0.4, 0.5) is 24.1 Å². The summed E-state index contributed by atoms with van der Waals surface area (Å²) in [7, 11) is 1.34. The van der Waals surface area contributed by atoms with Gasteiger partial charge in [-0.2, -0.15) is 0 Å². The van der Waals surface area contributed by atoms with Gasteiger partial charge < -0.3 is 39.4 Å². The number of carbonyl (C=O) groups is 4. The van der Waals surface area contributed by atoms with E-state index in [-0.39, 0.29) is 60.0 Å². The maximum absolute atomic E-state index is 15.9. The first-order chi connectivity index (χ1) is 24.8. The van der Waals surface area contributed by atoms with Crippen LogP contribution in [-0.2, 0) is 14.3 Å². The Morgan fingerprint density at radius 3 is 2.28 bits per heavy atom. The van der Waals surface area contributed by atoms with Crippen LogP contribution in [0.5, 0.6) is 5.75 Å². The van der Waals surface area contributed by atoms with E-state index in [4.69, 9.17) is 14.2 Å². The van der Waals surface area contributed by atoms with Gasteiger partial charge in [0.05, 0.1) is 24.1 Å². The van der Waals surface area contributed by atoms with Crippen molar-refractivity contribution < 1.29 is 47.3 Å². The lowest BCUT2D eigenvalue weighted by Gasteiger charge is -2.33. The van der Waals surface area contributed by atoms with Crippen LogP contribution in [0.25, 0.3) is 10.9 Å². The van der Waals surface area contributed by atoms with Crippen LogP contribution in [0.15, 0.2) is 28.5 Å². The Morgan fingerprint density at radius 1 is 1.02 bits per heavy atom. The fourth-order valence-corrected chi connectivity index (χ4v) is 6.33. The first-order valence-electron chi connectivity index (χ1n) is 18.1. The molecular formula is C38H52F2N4O9. The molecule has 1 aromatic heterocycles. The predicted octanol–water partition coefficient (Wildman–Crippen LogP) is 6.94. The summed E-state index contributed by atoms with van der Waals surface area (Å²) in [5.41, 5.74) is -2.01. The molecule has 0 bridgehead atoms. The van der Waals surface area contributed by atoms with E-state index in [0.717, 1.165) is 18.9 Å². The topological polar surface area (TPSA) is 166 Å². The number of allylic oxidation sites excluding steroid dienone is 1. The molecule has 13 nitrogen and oxygen atoms in total. The number of aromatic nitrogens is 1. The van der Waals surface area contributed by atoms with Gasteiger partial charge in [0, 0.05) is 44.7 Å². The number of fused-ring (bicyclic) bond motifs is 1. The minimum Gasteiger partial charge on any atom is -0.492 e. The quantitative estimate of drug-likeness (QED) is 0.172. The number of ether oxygens (including phenoxy) is 3. The molecule has 0 spiro atoms. The maximum Gasteiger partial charge on any atom is 0.408 e. The summed E-state index contributed by atoms with van der Waals surface area (Å²) in [5.74, 6) is -3.04. The Bertz CT molecular complexity index is 1810. The smallest absolute Gasteiger partial charge is 0.408 e. The van der Waals surface area contributed by atoms with Gasteiger partial charge in [0.15, 0.2) is 17.3 Å². The van der Waals surface area contributed by atoms with Gasteiger partial charge in [-0.15, -0.1) is 0 Å². The zero-order valence-corrected chi connectivity index (χ0v) is 31.7. The summed E-state index contributed by atoms with van der Waals surface area (Å²) < 4.78 is 49.7. The van der Waals surface area contributed by atoms with E-state index in [1.807, 2.05) is 0 Å². The summed E-state index contributed by atoms with van der Waals surface area (Å²) in [4.78, 5) is 64.5. The Balaban J connectivity index is 1.49. The number of hydrogen-bond acceptors (Lipinski definition) is 9. The molecule has 2 amide bonds. The highest BCUT2D eigenvalue weighted by molar-refractivity contribution is 5.97. The molecule has 4 rings (SSSR count). The van der Waals surface area contributed by atoms with Crippen molar-refractivity contribution in [3.63, 3.8) is 0 Å². The molecule has 15 heteroatoms. The number of nitrogens with zero attached hydrogens (tertiary/aromatic N) is 2. The Hall–Kier alpha value is -4.69. The number of piperidine rings is 1. The van der Waals surface area contributed by atoms with Crippen LogP contribution in [0.1, 0.15) is 116 Å². The molecule has 2 aromatic rings. The lowest BCUT2D eigenvalue weighted by molar-refractivity contribution is -0.121. The summed E-state index contributed by atoms with van der Waals surface area (Å²) in [6.07, 6.45) is 3.08. The number of unbranched alkanes of at least 4 members (excludes halogenated alkanes) is 1. The Morgan fingerprint density at radius 2 is 1.68 bits per heavy atom. The van der Waals surface area contributed by atoms with E-state index in [1.54, 1.807) is 51.0 Å². The standard InChI is InChI=1S/C38H52F2N4O9/c1-37(2,3)52-35(49)41-17-9-8-12-28(42-36(50)53-38(4,5)6)29(45)16-15-26(39)22-11-10-18-43(20-22)31-27(40)19-24-30(33(31)51-7)44(23-13-14-23)21-25(32(24)46)34(47)48/h19,21,23,28H,8-18,20H2,1-7H3,(H,41,49)(H,42,50)(H,47,48)/b26-22+/t28-/m0/s1. The predicted molar refractivity (Wildman–Crippen MR) is 195 cm³/mol. The summed E-state index contributed by atoms with van der Waals surface area (Å²) in [6.45, 7) is 11.0. The highest BCUT2D eigenvalue weighted by Crippen LogP contribution is 2.44. The van der Waals surface area contributed by atoms with Crippen molar-refractivity contribution in [2.45, 2.75) is 123 Å². The number of hydrogen-bond donors (Lipinski definition) is 3. The average Bonchev–Trinajstić information content (AvgIpc) is 3.90. The zero-order valence-electron chi connectivity index (χ0n) is 31.7. The number of Topliss-reactive ketones (excluding diaryl/α,β-unsaturated/α-hetero) is 1. The second-order valence-electron chi connectivity index (χ2n) is 15.6. The molecular weight excluding hydrogens is 694 g/mol. The number of anilines is 1. The number of rotatable bonds is 14. The van der Waals surface area contributed by atoms with Crippen molar-refractivity contribution in [2.75, 3.05) is 31.6 Å². The molecule has 0 unspecified atom stereocenters. The van der Waals surface area contributed by atoms with Crippen LogP contribution in [0.2, 0.25) is 0 Å². The number of carboxylic acids is 1. The lowest BCUT2D eigenvalue weighted by Crippen LogP contribution is -2.43. The number of pyridine rings is 1. The van der Waals surface area contributed by atoms with Gasteiger partial charge >= 0.3 is 18.2 Å². The monoisotopic (exact) mass is 746 g/mol. The van der Waals surface area contributed by atoms with Gasteiger partial charge in [0.1, 0.15) is 28.3 Å². The average molecular weight is 747 g/mol. The van der Waals surface area contributed by atoms with Crippen molar-refractivity contribution in [2.24, 2.45) is 0 Å². The van der Waals surface area contributed by atoms with E-state index in [1.165, 1.54) is 13.3 Å². The molecule has 1 aliphatic carbocycles. The van der Waals surface area contributed by atoms with Gasteiger partial charge in [0.25, 0.3) is 0 Å². The molecule has 2 heterocycles. The van der Waals surface area contributed by atoms with Gasteiger partial charge in [-0.1, -0.05) is 0 Å². The molecule has 53 heavy (non-hydrogen) atoms. The summed E-state index contributed by atoms with van der Waals surface area (Å²) in [5, 5.41) is 14.8. The number of carboxylic acid groups (broad SMARTS) is 1. The van der Waals surface area contributed by atoms with Crippen LogP contribution < -0.4 is 25.7 Å². The normalized spacial score (nSPS) is 16.5. The van der Waals surface area contributed by atoms with Crippen molar-refractivity contribution >= 4 is 40.5 Å². The van der Waals surface area contributed by atoms with Crippen molar-refractivity contribution in [3.8, 4) is 5.75 Å². The molecule has 1 aromatic carbocycles. The maximum atomic E-state index is 15.9. The Labute approximate surface area is 308 Å². The van der Waals surface area contributed by atoms with Crippen molar-refractivity contribution in [1.82, 2.24) is 15.2 Å². The minimum absolute atomic E-state index is 0.00388. The lowest BCUT2D eigenvalue weighted by atomic mass is 9.97. The van der Waals surface area contributed by atoms with Gasteiger partial charge in [0.2, 0.25) is 5.43 Å². The highest BCUT2D eigenvalue weighted by Gasteiger charge is 2.33. The van der Waals surface area contributed by atoms with Crippen LogP contribution in [0, 0.1) is 5.82 Å². The zero-order chi connectivity index (χ0) is 39.2. The number of ketones is 1. The van der Waals surface area contributed by atoms with Crippen LogP contribution >= 0.6 is 0 Å². The number of nitrogens with one attached hydrogen (secondary N) is 2. The second-order valence-corrected chi connectivity index (χ2v) is 15.6. The number of halogens is 2. The fraction of sp³-hybridized carbons (Fsp3) is 0.605. The molecule has 1 aliphatic heterocycles. The fourth-order valence-electron chi connectivity index (χ4n) is 6.33. The molecule has 2 fully saturated rings. The molecule has 1 saturated heterocycles. The van der Waals surface area contributed by atoms with E-state index in [9.17, 15) is 29.1 Å². The van der Waals surface area contributed by atoms with Crippen LogP contribution in [-0.4, -0.2) is 77.6 Å². The third kappa shape index (κ3) is 11.2. The summed E-state index contributed by atoms with van der Waals surface area (Å²) in [6, 6.07) is 0.00524. The number of amides is 2. The van der Waals surface area contributed by atoms with Crippen molar-refractivity contribution in [1.29, 1.82) is 0 Å². The molecule has 2 aliphatic rings. The number of methoxy groups -OCH3 is 1. The molecule has 3 N–H and O–H groups in total. The van der Waals surface area contributed by atoms with Gasteiger partial charge in [-0.05, 0) is 98.1 Å². The van der Waals surface area contributed by atoms with E-state index in [0.29, 0.717) is 44.3 Å². The highest BCUT2D eigenvalue weighted by atomic mass is 19.1. The van der Waals surface area contributed by atoms with Crippen molar-refractivity contribution in [3.05, 3.63) is 45.3 Å². The Kier molecular flexibility index (Phi) is 13.2. The van der Waals surface area contributed by atoms with Gasteiger partial charge in [-0.25, -0.2) is 23.2 Å². The van der Waals surface area contributed by atoms with Crippen LogP contribution in [0.3, 0.4) is 0 Å². The molecule has 1 atom stereocenters. The number of carbonyl (C=O) groups excluding carboxylic acids is 3. The third-order valence-electron chi connectivity index (χ3n) is 8.82. The largest absolute Gasteiger partial charge is 0.492 e. The van der Waals surface area contributed by atoms with E-state index in [2.05, 4.69) is 10.6 Å². The summed E-state index contributed by atoms with van der Waals surface area (Å²) >= 11 is 0. The first-order valence-corrected chi connectivity index (χ1v) is 18.1. The molecule has 0 radical (unpaired) electrons. The number of alkyl carbamates (subject to hydrolysis) is 2. The molecule has 1 saturated carbocycles.